The molecule has 4 aromatic rings. The van der Waals surface area contributed by atoms with Gasteiger partial charge in [0.25, 0.3) is 11.5 Å². The van der Waals surface area contributed by atoms with E-state index in [-0.39, 0.29) is 41.6 Å². The number of likely N-dealkylation sites (tertiary alicyclic amines) is 1. The van der Waals surface area contributed by atoms with Crippen molar-refractivity contribution in [1.82, 2.24) is 24.3 Å². The lowest BCUT2D eigenvalue weighted by Crippen LogP contribution is -2.35. The van der Waals surface area contributed by atoms with E-state index in [2.05, 4.69) is 22.2 Å². The standard InChI is InChI=1S/C36H44N6O4/c1-7-41(35(45)24-8-9-24)31-19-26(17-28(23(31)4)33(43)37-20-29-21(2)16-22(3)38-34(29)44)25-10-11-30-32(18-25)40(6)36(46)42(30)27-12-14-39(5)15-13-27/h10-11,16-19,24,27H,7-9,12-15,20H2,1-6H3,(H,37,43)(H,38,44). The molecule has 1 aliphatic heterocycles. The fourth-order valence-electron chi connectivity index (χ4n) is 6.89. The van der Waals surface area contributed by atoms with Crippen LogP contribution in [0.5, 0.6) is 0 Å². The third kappa shape index (κ3) is 5.82. The average molecular weight is 625 g/mol. The molecule has 0 radical (unpaired) electrons. The van der Waals surface area contributed by atoms with Crippen molar-refractivity contribution in [3.05, 3.63) is 85.2 Å². The van der Waals surface area contributed by atoms with Gasteiger partial charge in [-0.25, -0.2) is 4.79 Å². The highest BCUT2D eigenvalue weighted by atomic mass is 16.2. The zero-order valence-electron chi connectivity index (χ0n) is 27.7. The zero-order valence-corrected chi connectivity index (χ0v) is 27.7. The number of imidazole rings is 1. The van der Waals surface area contributed by atoms with Gasteiger partial charge in [-0.05, 0) is 126 Å². The van der Waals surface area contributed by atoms with Crippen LogP contribution < -0.4 is 21.5 Å². The lowest BCUT2D eigenvalue weighted by atomic mass is 9.96. The first-order valence-electron chi connectivity index (χ1n) is 16.3. The monoisotopic (exact) mass is 624 g/mol. The minimum atomic E-state index is -0.322. The van der Waals surface area contributed by atoms with E-state index in [0.717, 1.165) is 72.2 Å². The van der Waals surface area contributed by atoms with Gasteiger partial charge in [-0.2, -0.15) is 0 Å². The summed E-state index contributed by atoms with van der Waals surface area (Å²) < 4.78 is 3.64. The Bertz CT molecular complexity index is 1960. The van der Waals surface area contributed by atoms with E-state index in [1.54, 1.807) is 16.5 Å². The summed E-state index contributed by atoms with van der Waals surface area (Å²) in [7, 11) is 3.92. The maximum Gasteiger partial charge on any atom is 0.329 e. The van der Waals surface area contributed by atoms with Gasteiger partial charge in [0.1, 0.15) is 0 Å². The molecule has 10 heteroatoms. The SMILES string of the molecule is CCN(C(=O)C1CC1)c1cc(-c2ccc3c(c2)n(C)c(=O)n3C2CCN(C)CC2)cc(C(=O)NCc2c(C)cc(C)[nH]c2=O)c1C. The smallest absolute Gasteiger partial charge is 0.329 e. The largest absolute Gasteiger partial charge is 0.348 e. The first kappa shape index (κ1) is 31.5. The molecule has 0 unspecified atom stereocenters. The molecule has 2 aromatic heterocycles. The number of aromatic amines is 1. The summed E-state index contributed by atoms with van der Waals surface area (Å²) in [5, 5.41) is 2.96. The zero-order chi connectivity index (χ0) is 32.9. The number of rotatable bonds is 8. The molecular weight excluding hydrogens is 580 g/mol. The van der Waals surface area contributed by atoms with E-state index in [0.29, 0.717) is 28.9 Å². The van der Waals surface area contributed by atoms with Crippen molar-refractivity contribution in [2.24, 2.45) is 13.0 Å². The van der Waals surface area contributed by atoms with Crippen LogP contribution in [0.1, 0.15) is 71.4 Å². The molecular formula is C36H44N6O4. The van der Waals surface area contributed by atoms with Crippen LogP contribution in [-0.4, -0.2) is 57.5 Å². The number of piperidine rings is 1. The number of carbonyl (C=O) groups excluding carboxylic acids is 2. The summed E-state index contributed by atoms with van der Waals surface area (Å²) in [5.41, 5.74) is 7.02. The Balaban J connectivity index is 1.42. The number of aromatic nitrogens is 3. The maximum absolute atomic E-state index is 13.8. The fraction of sp³-hybridized carbons (Fsp3) is 0.444. The van der Waals surface area contributed by atoms with Gasteiger partial charge in [-0.3, -0.25) is 23.5 Å². The maximum atomic E-state index is 13.8. The van der Waals surface area contributed by atoms with Crippen molar-refractivity contribution in [3.8, 4) is 11.1 Å². The molecule has 2 amide bonds. The van der Waals surface area contributed by atoms with Gasteiger partial charge in [0.05, 0.1) is 11.0 Å². The Kier molecular flexibility index (Phi) is 8.50. The van der Waals surface area contributed by atoms with Gasteiger partial charge in [0, 0.05) is 54.6 Å². The minimum Gasteiger partial charge on any atom is -0.348 e. The summed E-state index contributed by atoms with van der Waals surface area (Å²) >= 11 is 0. The molecule has 6 rings (SSSR count). The topological polar surface area (TPSA) is 112 Å². The number of pyridine rings is 1. The van der Waals surface area contributed by atoms with E-state index in [1.807, 2.05) is 68.7 Å². The highest BCUT2D eigenvalue weighted by molar-refractivity contribution is 6.03. The Labute approximate surface area is 269 Å². The summed E-state index contributed by atoms with van der Waals surface area (Å²) in [6.07, 6.45) is 3.61. The molecule has 1 saturated carbocycles. The number of amides is 2. The lowest BCUT2D eigenvalue weighted by molar-refractivity contribution is -0.119. The van der Waals surface area contributed by atoms with E-state index in [1.165, 1.54) is 0 Å². The van der Waals surface area contributed by atoms with Crippen LogP contribution in [0.4, 0.5) is 5.69 Å². The molecule has 10 nitrogen and oxygen atoms in total. The van der Waals surface area contributed by atoms with Gasteiger partial charge in [0.2, 0.25) is 5.91 Å². The van der Waals surface area contributed by atoms with Crippen LogP contribution in [0, 0.1) is 26.7 Å². The van der Waals surface area contributed by atoms with Crippen molar-refractivity contribution in [2.75, 3.05) is 31.6 Å². The summed E-state index contributed by atoms with van der Waals surface area (Å²) in [4.78, 5) is 60.2. The number of nitrogens with zero attached hydrogens (tertiary/aromatic N) is 4. The molecule has 3 heterocycles. The molecule has 0 spiro atoms. The second-order valence-electron chi connectivity index (χ2n) is 13.1. The number of nitrogens with one attached hydrogen (secondary N) is 2. The van der Waals surface area contributed by atoms with Crippen LogP contribution in [-0.2, 0) is 18.4 Å². The highest BCUT2D eigenvalue weighted by Gasteiger charge is 2.34. The number of hydrogen-bond acceptors (Lipinski definition) is 5. The molecule has 0 bridgehead atoms. The quantitative estimate of drug-likeness (QED) is 0.298. The van der Waals surface area contributed by atoms with E-state index < -0.39 is 0 Å². The molecule has 2 fully saturated rings. The summed E-state index contributed by atoms with van der Waals surface area (Å²) in [5.74, 6) is -0.234. The number of H-pyrrole nitrogens is 1. The number of aryl methyl sites for hydroxylation is 3. The Morgan fingerprint density at radius 3 is 2.30 bits per heavy atom. The number of anilines is 1. The molecule has 2 aromatic carbocycles. The third-order valence-electron chi connectivity index (χ3n) is 9.82. The molecule has 242 valence electrons. The van der Waals surface area contributed by atoms with E-state index in [4.69, 9.17) is 0 Å². The van der Waals surface area contributed by atoms with Crippen LogP contribution in [0.15, 0.2) is 46.0 Å². The van der Waals surface area contributed by atoms with E-state index >= 15 is 0 Å². The third-order valence-corrected chi connectivity index (χ3v) is 9.82. The normalized spacial score (nSPS) is 15.8. The molecule has 2 N–H and O–H groups in total. The van der Waals surface area contributed by atoms with Crippen molar-refractivity contribution in [1.29, 1.82) is 0 Å². The van der Waals surface area contributed by atoms with Crippen molar-refractivity contribution >= 4 is 28.5 Å². The van der Waals surface area contributed by atoms with Crippen molar-refractivity contribution in [3.63, 3.8) is 0 Å². The second-order valence-corrected chi connectivity index (χ2v) is 13.1. The molecule has 1 aliphatic carbocycles. The fourth-order valence-corrected chi connectivity index (χ4v) is 6.89. The van der Waals surface area contributed by atoms with Crippen LogP contribution in [0.3, 0.4) is 0 Å². The predicted molar refractivity (Wildman–Crippen MR) is 182 cm³/mol. The minimum absolute atomic E-state index is 0.0155. The van der Waals surface area contributed by atoms with E-state index in [9.17, 15) is 19.2 Å². The molecule has 46 heavy (non-hydrogen) atoms. The van der Waals surface area contributed by atoms with Crippen LogP contribution >= 0.6 is 0 Å². The van der Waals surface area contributed by atoms with Crippen LogP contribution in [0.25, 0.3) is 22.2 Å². The first-order chi connectivity index (χ1) is 22.0. The Morgan fingerprint density at radius 1 is 0.935 bits per heavy atom. The summed E-state index contributed by atoms with van der Waals surface area (Å²) in [6, 6.07) is 11.9. The average Bonchev–Trinajstić information content (AvgIpc) is 3.85. The number of fused-ring (bicyclic) bond motifs is 1. The number of carbonyl (C=O) groups is 2. The second kappa shape index (κ2) is 12.4. The van der Waals surface area contributed by atoms with Gasteiger partial charge < -0.3 is 20.1 Å². The number of benzene rings is 2. The number of hydrogen-bond donors (Lipinski definition) is 2. The lowest BCUT2D eigenvalue weighted by Gasteiger charge is -2.29. The summed E-state index contributed by atoms with van der Waals surface area (Å²) in [6.45, 7) is 9.97. The molecule has 0 atom stereocenters. The molecule has 2 aliphatic rings. The highest BCUT2D eigenvalue weighted by Crippen LogP contribution is 2.37. The molecule has 1 saturated heterocycles. The Morgan fingerprint density at radius 2 is 1.65 bits per heavy atom. The predicted octanol–water partition coefficient (Wildman–Crippen LogP) is 4.58. The van der Waals surface area contributed by atoms with Gasteiger partial charge >= 0.3 is 5.69 Å². The first-order valence-corrected chi connectivity index (χ1v) is 16.3. The van der Waals surface area contributed by atoms with Gasteiger partial charge in [-0.1, -0.05) is 6.07 Å². The van der Waals surface area contributed by atoms with Gasteiger partial charge in [-0.15, -0.1) is 0 Å². The van der Waals surface area contributed by atoms with Crippen LogP contribution in [0.2, 0.25) is 0 Å². The Hall–Kier alpha value is -4.44. The van der Waals surface area contributed by atoms with Crippen molar-refractivity contribution < 1.29 is 9.59 Å². The van der Waals surface area contributed by atoms with Crippen molar-refractivity contribution in [2.45, 2.75) is 66.0 Å². The van der Waals surface area contributed by atoms with Gasteiger partial charge in [0.15, 0.2) is 0 Å².